The third kappa shape index (κ3) is 6.31. The van der Waals surface area contributed by atoms with Gasteiger partial charge >= 0.3 is 0 Å². The molecule has 0 bridgehead atoms. The zero-order valence-corrected chi connectivity index (χ0v) is 23.6. The summed E-state index contributed by atoms with van der Waals surface area (Å²) in [5.41, 5.74) is 2.63. The van der Waals surface area contributed by atoms with Gasteiger partial charge in [-0.1, -0.05) is 6.08 Å². The number of likely N-dealkylation sites (N-methyl/N-ethyl adjacent to an activating group) is 1. The SMILES string of the molecule is C[C@@H](O)Cn1ncc2c1ccc1nc(NC(=O)c3ccc(F)cc3)n(C3CCCCN(C(=O)/C=C/CN(C)C)C3)c12. The highest BCUT2D eigenvalue weighted by Gasteiger charge is 2.28. The van der Waals surface area contributed by atoms with Gasteiger partial charge in [-0.3, -0.25) is 19.6 Å². The molecule has 10 nitrogen and oxygen atoms in total. The Bertz CT molecular complexity index is 1570. The number of amides is 2. The lowest BCUT2D eigenvalue weighted by molar-refractivity contribution is -0.126. The predicted octanol–water partition coefficient (Wildman–Crippen LogP) is 3.83. The quantitative estimate of drug-likeness (QED) is 0.317. The highest BCUT2D eigenvalue weighted by atomic mass is 19.1. The van der Waals surface area contributed by atoms with Crippen LogP contribution in [0.25, 0.3) is 21.9 Å². The van der Waals surface area contributed by atoms with Crippen molar-refractivity contribution in [3.63, 3.8) is 0 Å². The lowest BCUT2D eigenvalue weighted by Crippen LogP contribution is -2.34. The van der Waals surface area contributed by atoms with Crippen molar-refractivity contribution in [1.82, 2.24) is 29.1 Å². The number of rotatable bonds is 8. The molecular formula is C30H36FN7O3. The number of likely N-dealkylation sites (tertiary alicyclic amines) is 1. The Hall–Kier alpha value is -4.09. The lowest BCUT2D eigenvalue weighted by atomic mass is 10.1. The highest BCUT2D eigenvalue weighted by Crippen LogP contribution is 2.34. The number of halogens is 1. The zero-order chi connectivity index (χ0) is 29.1. The molecule has 2 N–H and O–H groups in total. The first-order valence-electron chi connectivity index (χ1n) is 13.9. The molecule has 11 heteroatoms. The van der Waals surface area contributed by atoms with Crippen molar-refractivity contribution in [2.24, 2.45) is 0 Å². The summed E-state index contributed by atoms with van der Waals surface area (Å²) in [5.74, 6) is -0.522. The maximum atomic E-state index is 13.5. The molecule has 1 aliphatic rings. The molecule has 1 fully saturated rings. The number of imidazole rings is 1. The van der Waals surface area contributed by atoms with Gasteiger partial charge < -0.3 is 19.5 Å². The molecule has 216 valence electrons. The molecule has 1 saturated heterocycles. The van der Waals surface area contributed by atoms with Crippen LogP contribution in [-0.2, 0) is 11.3 Å². The summed E-state index contributed by atoms with van der Waals surface area (Å²) in [5, 5.41) is 18.3. The number of nitrogens with zero attached hydrogens (tertiary/aromatic N) is 6. The fourth-order valence-electron chi connectivity index (χ4n) is 5.36. The molecule has 0 saturated carbocycles. The summed E-state index contributed by atoms with van der Waals surface area (Å²) < 4.78 is 17.3. The fraction of sp³-hybridized carbons (Fsp3) is 0.400. The Morgan fingerprint density at radius 3 is 2.71 bits per heavy atom. The number of benzene rings is 2. The minimum Gasteiger partial charge on any atom is -0.391 e. The van der Waals surface area contributed by atoms with Gasteiger partial charge in [0.2, 0.25) is 11.9 Å². The number of aliphatic hydroxyl groups is 1. The molecule has 4 aromatic rings. The fourth-order valence-corrected chi connectivity index (χ4v) is 5.36. The Kier molecular flexibility index (Phi) is 8.46. The van der Waals surface area contributed by atoms with E-state index in [1.165, 1.54) is 24.3 Å². The number of hydrogen-bond acceptors (Lipinski definition) is 6. The smallest absolute Gasteiger partial charge is 0.257 e. The number of hydrogen-bond donors (Lipinski definition) is 2. The zero-order valence-electron chi connectivity index (χ0n) is 23.6. The molecular weight excluding hydrogens is 525 g/mol. The van der Waals surface area contributed by atoms with Crippen LogP contribution in [0.1, 0.15) is 42.6 Å². The first kappa shape index (κ1) is 28.4. The first-order valence-corrected chi connectivity index (χ1v) is 13.9. The van der Waals surface area contributed by atoms with E-state index in [-0.39, 0.29) is 11.9 Å². The Balaban J connectivity index is 1.58. The van der Waals surface area contributed by atoms with Crippen molar-refractivity contribution in [3.05, 3.63) is 66.1 Å². The summed E-state index contributed by atoms with van der Waals surface area (Å²) >= 11 is 0. The number of nitrogens with one attached hydrogen (secondary N) is 1. The van der Waals surface area contributed by atoms with Crippen LogP contribution in [-0.4, -0.2) is 85.9 Å². The number of fused-ring (bicyclic) bond motifs is 3. The van der Waals surface area contributed by atoms with Crippen molar-refractivity contribution < 1.29 is 19.1 Å². The summed E-state index contributed by atoms with van der Waals surface area (Å²) in [6, 6.07) is 8.99. The second kappa shape index (κ2) is 12.2. The van der Waals surface area contributed by atoms with Crippen LogP contribution in [0.4, 0.5) is 10.3 Å². The van der Waals surface area contributed by atoms with Crippen LogP contribution < -0.4 is 5.32 Å². The Morgan fingerprint density at radius 1 is 1.20 bits per heavy atom. The van der Waals surface area contributed by atoms with Crippen LogP contribution in [0.2, 0.25) is 0 Å². The van der Waals surface area contributed by atoms with Gasteiger partial charge in [-0.05, 0) is 76.7 Å². The highest BCUT2D eigenvalue weighted by molar-refractivity contribution is 6.07. The van der Waals surface area contributed by atoms with Crippen LogP contribution in [0.15, 0.2) is 54.7 Å². The second-order valence-corrected chi connectivity index (χ2v) is 10.9. The maximum Gasteiger partial charge on any atom is 0.257 e. The van der Waals surface area contributed by atoms with Gasteiger partial charge in [0.15, 0.2) is 0 Å². The molecule has 1 aliphatic heterocycles. The third-order valence-electron chi connectivity index (χ3n) is 7.30. The Morgan fingerprint density at radius 2 is 1.98 bits per heavy atom. The van der Waals surface area contributed by atoms with Gasteiger partial charge in [-0.15, -0.1) is 0 Å². The minimum absolute atomic E-state index is 0.0463. The van der Waals surface area contributed by atoms with Crippen LogP contribution in [0.3, 0.4) is 0 Å². The molecule has 5 rings (SSSR count). The van der Waals surface area contributed by atoms with E-state index in [0.717, 1.165) is 35.7 Å². The van der Waals surface area contributed by atoms with E-state index in [2.05, 4.69) is 10.4 Å². The molecule has 2 atom stereocenters. The van der Waals surface area contributed by atoms with Gasteiger partial charge in [0.25, 0.3) is 5.91 Å². The molecule has 0 aliphatic carbocycles. The maximum absolute atomic E-state index is 13.5. The summed E-state index contributed by atoms with van der Waals surface area (Å²) in [6.07, 6.45) is 7.23. The van der Waals surface area contributed by atoms with Crippen molar-refractivity contribution in [3.8, 4) is 0 Å². The van der Waals surface area contributed by atoms with Crippen LogP contribution in [0.5, 0.6) is 0 Å². The largest absolute Gasteiger partial charge is 0.391 e. The molecule has 1 unspecified atom stereocenters. The van der Waals surface area contributed by atoms with Crippen molar-refractivity contribution >= 4 is 39.7 Å². The third-order valence-corrected chi connectivity index (χ3v) is 7.30. The molecule has 3 heterocycles. The predicted molar refractivity (Wildman–Crippen MR) is 156 cm³/mol. The second-order valence-electron chi connectivity index (χ2n) is 10.9. The monoisotopic (exact) mass is 561 g/mol. The molecule has 2 aromatic carbocycles. The van der Waals surface area contributed by atoms with E-state index < -0.39 is 17.8 Å². The number of carbonyl (C=O) groups is 2. The van der Waals surface area contributed by atoms with E-state index in [1.807, 2.05) is 46.7 Å². The average molecular weight is 562 g/mol. The van der Waals surface area contributed by atoms with E-state index >= 15 is 0 Å². The number of aromatic nitrogens is 4. The van der Waals surface area contributed by atoms with Crippen LogP contribution >= 0.6 is 0 Å². The van der Waals surface area contributed by atoms with Crippen molar-refractivity contribution in [2.45, 2.75) is 44.9 Å². The first-order chi connectivity index (χ1) is 19.7. The van der Waals surface area contributed by atoms with Gasteiger partial charge in [0.1, 0.15) is 5.82 Å². The van der Waals surface area contributed by atoms with Crippen LogP contribution in [0, 0.1) is 5.82 Å². The molecule has 41 heavy (non-hydrogen) atoms. The molecule has 0 radical (unpaired) electrons. The average Bonchev–Trinajstić information content (AvgIpc) is 3.39. The van der Waals surface area contributed by atoms with E-state index in [1.54, 1.807) is 23.9 Å². The Labute approximate surface area is 238 Å². The summed E-state index contributed by atoms with van der Waals surface area (Å²) in [6.45, 7) is 3.82. The minimum atomic E-state index is -0.578. The van der Waals surface area contributed by atoms with E-state index in [9.17, 15) is 19.1 Å². The van der Waals surface area contributed by atoms with Crippen molar-refractivity contribution in [1.29, 1.82) is 0 Å². The lowest BCUT2D eigenvalue weighted by Gasteiger charge is -2.26. The molecule has 2 amide bonds. The summed E-state index contributed by atoms with van der Waals surface area (Å²) in [4.78, 5) is 35.1. The van der Waals surface area contributed by atoms with Crippen molar-refractivity contribution in [2.75, 3.05) is 39.0 Å². The normalized spacial score (nSPS) is 17.0. The van der Waals surface area contributed by atoms with Gasteiger partial charge in [-0.25, -0.2) is 9.37 Å². The number of aliphatic hydroxyl groups excluding tert-OH is 1. The topological polar surface area (TPSA) is 109 Å². The van der Waals surface area contributed by atoms with E-state index in [4.69, 9.17) is 4.98 Å². The molecule has 0 spiro atoms. The van der Waals surface area contributed by atoms with Gasteiger partial charge in [-0.2, -0.15) is 5.10 Å². The van der Waals surface area contributed by atoms with Gasteiger partial charge in [0.05, 0.1) is 41.4 Å². The summed E-state index contributed by atoms with van der Waals surface area (Å²) in [7, 11) is 3.90. The number of anilines is 1. The molecule has 2 aromatic heterocycles. The van der Waals surface area contributed by atoms with E-state index in [0.29, 0.717) is 43.2 Å². The number of carbonyl (C=O) groups excluding carboxylic acids is 2. The van der Waals surface area contributed by atoms with Gasteiger partial charge in [0, 0.05) is 36.7 Å². The standard InChI is InChI=1S/C30H36FN7O3/c1-20(39)18-37-26-14-13-25-28(24(26)17-32-37)38(30(33-25)34-29(41)21-9-11-22(31)12-10-21)23-7-4-5-16-36(19-23)27(40)8-6-15-35(2)3/h6,8-14,17,20,23,39H,4-5,7,15-16,18-19H2,1-3H3,(H,33,34,41)/b8-6+/t20-,23?/m1/s1.